The number of amides is 1. The van der Waals surface area contributed by atoms with Gasteiger partial charge in [0.15, 0.2) is 6.10 Å². The molecule has 1 atom stereocenters. The van der Waals surface area contributed by atoms with Crippen molar-refractivity contribution >= 4 is 34.2 Å². The van der Waals surface area contributed by atoms with Crippen molar-refractivity contribution in [1.82, 2.24) is 4.98 Å². The summed E-state index contributed by atoms with van der Waals surface area (Å²) in [6, 6.07) is 13.7. The van der Waals surface area contributed by atoms with Gasteiger partial charge in [0.1, 0.15) is 5.69 Å². The summed E-state index contributed by atoms with van der Waals surface area (Å²) >= 11 is 0. The molecule has 1 amide bonds. The molecule has 150 valence electrons. The minimum atomic E-state index is -1.06. The molecule has 0 aliphatic heterocycles. The number of carbonyl (C=O) groups is 2. The zero-order valence-corrected chi connectivity index (χ0v) is 15.9. The zero-order valence-electron chi connectivity index (χ0n) is 15.9. The minimum absolute atomic E-state index is 0.0599. The van der Waals surface area contributed by atoms with Crippen LogP contribution in [-0.2, 0) is 20.7 Å². The van der Waals surface area contributed by atoms with E-state index < -0.39 is 22.9 Å². The number of nitro groups is 1. The number of benzene rings is 2. The van der Waals surface area contributed by atoms with E-state index in [4.69, 9.17) is 4.74 Å². The lowest BCUT2D eigenvalue weighted by atomic mass is 10.1. The van der Waals surface area contributed by atoms with Gasteiger partial charge >= 0.3 is 5.97 Å². The Morgan fingerprint density at radius 3 is 2.69 bits per heavy atom. The van der Waals surface area contributed by atoms with E-state index in [9.17, 15) is 19.7 Å². The van der Waals surface area contributed by atoms with Crippen LogP contribution in [0.15, 0.2) is 54.7 Å². The second-order valence-electron chi connectivity index (χ2n) is 6.61. The quantitative estimate of drug-likeness (QED) is 0.340. The van der Waals surface area contributed by atoms with Crippen LogP contribution in [0, 0.1) is 10.1 Å². The van der Waals surface area contributed by atoms with Gasteiger partial charge in [-0.1, -0.05) is 30.3 Å². The lowest BCUT2D eigenvalue weighted by Crippen LogP contribution is -2.30. The van der Waals surface area contributed by atoms with E-state index in [1.165, 1.54) is 25.1 Å². The van der Waals surface area contributed by atoms with Gasteiger partial charge in [-0.25, -0.2) is 0 Å². The number of fused-ring (bicyclic) bond motifs is 1. The maximum absolute atomic E-state index is 12.2. The van der Waals surface area contributed by atoms with Crippen molar-refractivity contribution < 1.29 is 19.2 Å². The highest BCUT2D eigenvalue weighted by Crippen LogP contribution is 2.23. The Balaban J connectivity index is 1.49. The van der Waals surface area contributed by atoms with E-state index in [-0.39, 0.29) is 17.8 Å². The summed E-state index contributed by atoms with van der Waals surface area (Å²) in [6.07, 6.45) is 2.33. The number of ether oxygens (including phenoxy) is 1. The van der Waals surface area contributed by atoms with Crippen molar-refractivity contribution in [3.05, 3.63) is 70.4 Å². The van der Waals surface area contributed by atoms with E-state index in [1.807, 2.05) is 30.5 Å². The normalized spacial score (nSPS) is 11.8. The largest absolute Gasteiger partial charge is 0.453 e. The Morgan fingerprint density at radius 1 is 1.17 bits per heavy atom. The van der Waals surface area contributed by atoms with Gasteiger partial charge in [0, 0.05) is 29.6 Å². The number of anilines is 1. The molecule has 0 saturated carbocycles. The predicted molar refractivity (Wildman–Crippen MR) is 109 cm³/mol. The van der Waals surface area contributed by atoms with Gasteiger partial charge in [0.05, 0.1) is 4.92 Å². The molecule has 3 aromatic rings. The molecule has 3 rings (SSSR count). The molecule has 0 spiro atoms. The molecule has 2 aromatic carbocycles. The van der Waals surface area contributed by atoms with Gasteiger partial charge in [0.25, 0.3) is 11.6 Å². The van der Waals surface area contributed by atoms with Gasteiger partial charge in [-0.2, -0.15) is 0 Å². The number of rotatable bonds is 8. The topological polar surface area (TPSA) is 114 Å². The van der Waals surface area contributed by atoms with E-state index in [0.29, 0.717) is 12.8 Å². The number of hydrogen-bond acceptors (Lipinski definition) is 5. The third-order valence-corrected chi connectivity index (χ3v) is 4.54. The lowest BCUT2D eigenvalue weighted by Gasteiger charge is -2.13. The smallest absolute Gasteiger partial charge is 0.306 e. The van der Waals surface area contributed by atoms with Crippen molar-refractivity contribution in [1.29, 1.82) is 0 Å². The van der Waals surface area contributed by atoms with Crippen LogP contribution >= 0.6 is 0 Å². The fraction of sp³-hybridized carbons (Fsp3) is 0.238. The number of aryl methyl sites for hydroxylation is 1. The van der Waals surface area contributed by atoms with Crippen LogP contribution in [0.2, 0.25) is 0 Å². The first-order valence-electron chi connectivity index (χ1n) is 9.24. The molecule has 0 unspecified atom stereocenters. The van der Waals surface area contributed by atoms with Crippen LogP contribution in [0.5, 0.6) is 0 Å². The number of carbonyl (C=O) groups excluding carboxylic acids is 2. The van der Waals surface area contributed by atoms with Crippen LogP contribution in [0.25, 0.3) is 10.9 Å². The van der Waals surface area contributed by atoms with E-state index >= 15 is 0 Å². The third-order valence-electron chi connectivity index (χ3n) is 4.54. The Labute approximate surface area is 167 Å². The van der Waals surface area contributed by atoms with Gasteiger partial charge in [-0.3, -0.25) is 19.7 Å². The summed E-state index contributed by atoms with van der Waals surface area (Å²) in [5.41, 5.74) is 2.00. The monoisotopic (exact) mass is 395 g/mol. The second-order valence-corrected chi connectivity index (χ2v) is 6.61. The molecule has 0 bridgehead atoms. The average molecular weight is 395 g/mol. The predicted octanol–water partition coefficient (Wildman–Crippen LogP) is 3.97. The molecule has 0 saturated heterocycles. The van der Waals surface area contributed by atoms with Gasteiger partial charge in [0.2, 0.25) is 0 Å². The minimum Gasteiger partial charge on any atom is -0.453 e. The van der Waals surface area contributed by atoms with Gasteiger partial charge in [-0.05, 0) is 37.5 Å². The molecule has 0 radical (unpaired) electrons. The summed E-state index contributed by atoms with van der Waals surface area (Å²) in [5, 5.41) is 14.6. The molecule has 0 aliphatic rings. The standard InChI is InChI=1S/C21H21N3O5/c1-14(21(26)23-18-10-4-5-11-19(18)24(27)28)29-20(25)12-6-7-15-13-22-17-9-3-2-8-16(15)17/h2-5,8-11,13-14,22H,6-7,12H2,1H3,(H,23,26)/t14-/m0/s1. The Morgan fingerprint density at radius 2 is 1.90 bits per heavy atom. The summed E-state index contributed by atoms with van der Waals surface area (Å²) in [5.74, 6) is -1.11. The van der Waals surface area contributed by atoms with Gasteiger partial charge in [-0.15, -0.1) is 0 Å². The third kappa shape index (κ3) is 4.98. The van der Waals surface area contributed by atoms with Crippen molar-refractivity contribution in [3.63, 3.8) is 0 Å². The first-order chi connectivity index (χ1) is 14.0. The molecule has 8 nitrogen and oxygen atoms in total. The number of nitro benzene ring substituents is 1. The maximum Gasteiger partial charge on any atom is 0.306 e. The highest BCUT2D eigenvalue weighted by molar-refractivity contribution is 5.96. The number of hydrogen-bond donors (Lipinski definition) is 2. The van der Waals surface area contributed by atoms with E-state index in [2.05, 4.69) is 10.3 Å². The van der Waals surface area contributed by atoms with E-state index in [0.717, 1.165) is 16.5 Å². The van der Waals surface area contributed by atoms with Crippen LogP contribution in [-0.4, -0.2) is 27.9 Å². The first kappa shape index (κ1) is 20.1. The Bertz CT molecular complexity index is 1040. The lowest BCUT2D eigenvalue weighted by molar-refractivity contribution is -0.383. The molecule has 0 fully saturated rings. The Kier molecular flexibility index (Phi) is 6.23. The van der Waals surface area contributed by atoms with Crippen LogP contribution < -0.4 is 5.32 Å². The van der Waals surface area contributed by atoms with Crippen molar-refractivity contribution in [3.8, 4) is 0 Å². The highest BCUT2D eigenvalue weighted by Gasteiger charge is 2.21. The molecular formula is C21H21N3O5. The summed E-state index contributed by atoms with van der Waals surface area (Å²) in [7, 11) is 0. The SMILES string of the molecule is C[C@H](OC(=O)CCCc1c[nH]c2ccccc12)C(=O)Nc1ccccc1[N+](=O)[O-]. The van der Waals surface area contributed by atoms with Gasteiger partial charge < -0.3 is 15.0 Å². The number of nitrogens with one attached hydrogen (secondary N) is 2. The van der Waals surface area contributed by atoms with Crippen molar-refractivity contribution in [2.45, 2.75) is 32.3 Å². The van der Waals surface area contributed by atoms with Crippen LogP contribution in [0.3, 0.4) is 0 Å². The van der Waals surface area contributed by atoms with Crippen LogP contribution in [0.4, 0.5) is 11.4 Å². The van der Waals surface area contributed by atoms with E-state index in [1.54, 1.807) is 6.07 Å². The number of esters is 1. The summed E-state index contributed by atoms with van der Waals surface area (Å²) in [4.78, 5) is 37.9. The fourth-order valence-corrected chi connectivity index (χ4v) is 3.04. The van der Waals surface area contributed by atoms with Crippen LogP contribution in [0.1, 0.15) is 25.3 Å². The molecule has 1 aromatic heterocycles. The first-order valence-corrected chi connectivity index (χ1v) is 9.24. The number of aromatic amines is 1. The van der Waals surface area contributed by atoms with Crippen molar-refractivity contribution in [2.75, 3.05) is 5.32 Å². The summed E-state index contributed by atoms with van der Waals surface area (Å²) in [6.45, 7) is 1.43. The van der Waals surface area contributed by atoms with Crippen molar-refractivity contribution in [2.24, 2.45) is 0 Å². The molecule has 0 aliphatic carbocycles. The fourth-order valence-electron chi connectivity index (χ4n) is 3.04. The number of aromatic nitrogens is 1. The number of para-hydroxylation sites is 3. The average Bonchev–Trinajstić information content (AvgIpc) is 3.11. The Hall–Kier alpha value is -3.68. The summed E-state index contributed by atoms with van der Waals surface area (Å²) < 4.78 is 5.16. The maximum atomic E-state index is 12.2. The molecule has 2 N–H and O–H groups in total. The molecular weight excluding hydrogens is 374 g/mol. The highest BCUT2D eigenvalue weighted by atomic mass is 16.6. The second kappa shape index (κ2) is 9.01. The molecule has 8 heteroatoms. The molecule has 1 heterocycles. The molecule has 29 heavy (non-hydrogen) atoms. The zero-order chi connectivity index (χ0) is 20.8. The number of nitrogens with zero attached hydrogens (tertiary/aromatic N) is 1. The number of H-pyrrole nitrogens is 1.